The quantitative estimate of drug-likeness (QED) is 0.633. The fraction of sp³-hybridized carbons (Fsp3) is 0.500. The number of hydrazine groups is 1. The lowest BCUT2D eigenvalue weighted by atomic mass is 10.1. The summed E-state index contributed by atoms with van der Waals surface area (Å²) in [5, 5.41) is 2.11. The number of nitrogen functional groups attached to an aromatic ring is 1. The minimum Gasteiger partial charge on any atom is -0.462 e. The van der Waals surface area contributed by atoms with Crippen molar-refractivity contribution in [3.05, 3.63) is 23.8 Å². The average molecular weight is 278 g/mol. The van der Waals surface area contributed by atoms with Crippen LogP contribution in [0.3, 0.4) is 0 Å². The summed E-state index contributed by atoms with van der Waals surface area (Å²) in [6.07, 6.45) is 0. The second kappa shape index (κ2) is 6.58. The molecule has 0 aliphatic carbocycles. The number of hydrogen-bond donors (Lipinski definition) is 2. The molecular formula is C14H22N4O2. The highest BCUT2D eigenvalue weighted by Gasteiger charge is 2.18. The van der Waals surface area contributed by atoms with E-state index < -0.39 is 0 Å². The molecule has 0 radical (unpaired) electrons. The zero-order chi connectivity index (χ0) is 14.5. The predicted molar refractivity (Wildman–Crippen MR) is 79.5 cm³/mol. The number of esters is 1. The lowest BCUT2D eigenvalue weighted by Gasteiger charge is -2.33. The van der Waals surface area contributed by atoms with Gasteiger partial charge in [-0.05, 0) is 32.2 Å². The number of anilines is 2. The first-order valence-corrected chi connectivity index (χ1v) is 6.87. The number of nitrogens with one attached hydrogen (secondary N) is 1. The highest BCUT2D eigenvalue weighted by Crippen LogP contribution is 2.21. The number of benzene rings is 1. The number of rotatable bonds is 4. The van der Waals surface area contributed by atoms with E-state index in [9.17, 15) is 4.79 Å². The Morgan fingerprint density at radius 2 is 2.05 bits per heavy atom. The number of likely N-dealkylation sites (N-methyl/N-ethyl adjacent to an activating group) is 1. The average Bonchev–Trinajstić information content (AvgIpc) is 2.43. The van der Waals surface area contributed by atoms with Gasteiger partial charge in [0.25, 0.3) is 0 Å². The fourth-order valence-electron chi connectivity index (χ4n) is 2.13. The number of carbonyl (C=O) groups is 1. The summed E-state index contributed by atoms with van der Waals surface area (Å²) in [5.41, 5.74) is 10.8. The van der Waals surface area contributed by atoms with E-state index in [0.717, 1.165) is 31.9 Å². The molecule has 2 rings (SSSR count). The summed E-state index contributed by atoms with van der Waals surface area (Å²) >= 11 is 0. The first kappa shape index (κ1) is 14.6. The number of nitrogens with zero attached hydrogens (tertiary/aromatic N) is 2. The molecule has 1 heterocycles. The number of hydrogen-bond acceptors (Lipinski definition) is 6. The lowest BCUT2D eigenvalue weighted by Crippen LogP contribution is -2.47. The largest absolute Gasteiger partial charge is 0.462 e. The summed E-state index contributed by atoms with van der Waals surface area (Å²) in [6, 6.07) is 5.25. The first-order chi connectivity index (χ1) is 9.60. The van der Waals surface area contributed by atoms with Crippen molar-refractivity contribution in [1.29, 1.82) is 0 Å². The fourth-order valence-corrected chi connectivity index (χ4v) is 2.13. The third kappa shape index (κ3) is 3.61. The van der Waals surface area contributed by atoms with E-state index in [1.54, 1.807) is 19.1 Å². The van der Waals surface area contributed by atoms with E-state index in [0.29, 0.717) is 17.9 Å². The zero-order valence-electron chi connectivity index (χ0n) is 12.1. The summed E-state index contributed by atoms with van der Waals surface area (Å²) in [6.45, 7) is 5.94. The van der Waals surface area contributed by atoms with Crippen molar-refractivity contribution in [2.45, 2.75) is 6.92 Å². The van der Waals surface area contributed by atoms with Crippen LogP contribution >= 0.6 is 0 Å². The molecule has 0 saturated carbocycles. The maximum Gasteiger partial charge on any atom is 0.340 e. The molecule has 0 unspecified atom stereocenters. The smallest absolute Gasteiger partial charge is 0.340 e. The Balaban J connectivity index is 2.12. The molecule has 0 bridgehead atoms. The molecular weight excluding hydrogens is 256 g/mol. The van der Waals surface area contributed by atoms with E-state index in [-0.39, 0.29) is 5.97 Å². The van der Waals surface area contributed by atoms with Crippen LogP contribution in [-0.4, -0.2) is 55.7 Å². The van der Waals surface area contributed by atoms with Crippen LogP contribution in [0.25, 0.3) is 0 Å². The van der Waals surface area contributed by atoms with Gasteiger partial charge in [0.1, 0.15) is 0 Å². The van der Waals surface area contributed by atoms with Crippen LogP contribution in [0.2, 0.25) is 0 Å². The molecule has 1 aliphatic rings. The van der Waals surface area contributed by atoms with Gasteiger partial charge in [-0.3, -0.25) is 0 Å². The van der Waals surface area contributed by atoms with Gasteiger partial charge in [-0.15, -0.1) is 0 Å². The van der Waals surface area contributed by atoms with Gasteiger partial charge in [-0.2, -0.15) is 0 Å². The van der Waals surface area contributed by atoms with Gasteiger partial charge >= 0.3 is 5.97 Å². The molecule has 0 aromatic heterocycles. The summed E-state index contributed by atoms with van der Waals surface area (Å²) in [4.78, 5) is 14.2. The number of piperazine rings is 1. The number of carbonyl (C=O) groups excluding carboxylic acids is 1. The molecule has 1 saturated heterocycles. The number of ether oxygens (including phenoxy) is 1. The Morgan fingerprint density at radius 1 is 1.35 bits per heavy atom. The molecule has 20 heavy (non-hydrogen) atoms. The highest BCUT2D eigenvalue weighted by molar-refractivity contribution is 5.96. The van der Waals surface area contributed by atoms with Crippen LogP contribution in [0.5, 0.6) is 0 Å². The molecule has 1 aliphatic heterocycles. The lowest BCUT2D eigenvalue weighted by molar-refractivity contribution is 0.0527. The van der Waals surface area contributed by atoms with Crippen LogP contribution in [-0.2, 0) is 4.74 Å². The van der Waals surface area contributed by atoms with E-state index in [2.05, 4.69) is 22.4 Å². The molecule has 0 atom stereocenters. The second-order valence-electron chi connectivity index (χ2n) is 4.93. The topological polar surface area (TPSA) is 70.8 Å². The van der Waals surface area contributed by atoms with E-state index in [1.807, 2.05) is 6.07 Å². The van der Waals surface area contributed by atoms with Crippen molar-refractivity contribution < 1.29 is 9.53 Å². The maximum atomic E-state index is 12.0. The second-order valence-corrected chi connectivity index (χ2v) is 4.93. The molecule has 6 nitrogen and oxygen atoms in total. The molecule has 1 aromatic rings. The molecule has 0 amide bonds. The van der Waals surface area contributed by atoms with Crippen molar-refractivity contribution in [2.24, 2.45) is 0 Å². The Kier molecular flexibility index (Phi) is 4.81. The van der Waals surface area contributed by atoms with Crippen LogP contribution < -0.4 is 11.2 Å². The van der Waals surface area contributed by atoms with E-state index in [1.165, 1.54) is 0 Å². The monoisotopic (exact) mass is 278 g/mol. The van der Waals surface area contributed by atoms with Crippen LogP contribution in [0, 0.1) is 0 Å². The van der Waals surface area contributed by atoms with Crippen molar-refractivity contribution >= 4 is 17.3 Å². The van der Waals surface area contributed by atoms with Gasteiger partial charge in [0.15, 0.2) is 0 Å². The number of nitrogens with two attached hydrogens (primary N) is 1. The molecule has 0 spiro atoms. The van der Waals surface area contributed by atoms with Gasteiger partial charge in [0, 0.05) is 31.9 Å². The van der Waals surface area contributed by atoms with Crippen LogP contribution in [0.15, 0.2) is 18.2 Å². The van der Waals surface area contributed by atoms with Crippen LogP contribution in [0.4, 0.5) is 11.4 Å². The molecule has 3 N–H and O–H groups in total. The third-order valence-electron chi connectivity index (χ3n) is 3.32. The minimum atomic E-state index is -0.351. The Labute approximate surface area is 119 Å². The molecule has 1 aromatic carbocycles. The van der Waals surface area contributed by atoms with Gasteiger partial charge in [-0.1, -0.05) is 0 Å². The Morgan fingerprint density at radius 3 is 2.70 bits per heavy atom. The maximum absolute atomic E-state index is 12.0. The first-order valence-electron chi connectivity index (χ1n) is 6.87. The van der Waals surface area contributed by atoms with Gasteiger partial charge < -0.3 is 20.8 Å². The summed E-state index contributed by atoms with van der Waals surface area (Å²) in [7, 11) is 2.10. The standard InChI is InChI=1S/C14H22N4O2/c1-3-20-14(19)12-10-11(15)4-5-13(12)16-18-8-6-17(2)7-9-18/h4-5,10,16H,3,6-9,15H2,1-2H3. The normalized spacial score (nSPS) is 16.9. The van der Waals surface area contributed by atoms with Crippen molar-refractivity contribution in [1.82, 2.24) is 9.91 Å². The Bertz CT molecular complexity index is 470. The van der Waals surface area contributed by atoms with E-state index in [4.69, 9.17) is 10.5 Å². The summed E-state index contributed by atoms with van der Waals surface area (Å²) in [5.74, 6) is -0.351. The molecule has 1 fully saturated rings. The zero-order valence-corrected chi connectivity index (χ0v) is 12.1. The van der Waals surface area contributed by atoms with Crippen molar-refractivity contribution in [3.63, 3.8) is 0 Å². The third-order valence-corrected chi connectivity index (χ3v) is 3.32. The van der Waals surface area contributed by atoms with Crippen LogP contribution in [0.1, 0.15) is 17.3 Å². The highest BCUT2D eigenvalue weighted by atomic mass is 16.5. The summed E-state index contributed by atoms with van der Waals surface area (Å²) < 4.78 is 5.07. The van der Waals surface area contributed by atoms with Gasteiger partial charge in [-0.25, -0.2) is 9.80 Å². The molecule has 6 heteroatoms. The van der Waals surface area contributed by atoms with E-state index >= 15 is 0 Å². The Hall–Kier alpha value is -1.79. The van der Waals surface area contributed by atoms with Gasteiger partial charge in [0.2, 0.25) is 0 Å². The van der Waals surface area contributed by atoms with Crippen molar-refractivity contribution in [3.8, 4) is 0 Å². The SMILES string of the molecule is CCOC(=O)c1cc(N)ccc1NN1CCN(C)CC1. The molecule has 110 valence electrons. The van der Waals surface area contributed by atoms with Gasteiger partial charge in [0.05, 0.1) is 17.9 Å². The predicted octanol–water partition coefficient (Wildman–Crippen LogP) is 1.02. The minimum absolute atomic E-state index is 0.349. The van der Waals surface area contributed by atoms with Crippen molar-refractivity contribution in [2.75, 3.05) is 51.0 Å².